The highest BCUT2D eigenvalue weighted by atomic mass is 16.5. The molecule has 0 spiro atoms. The minimum atomic E-state index is 0.0130. The van der Waals surface area contributed by atoms with E-state index < -0.39 is 0 Å². The van der Waals surface area contributed by atoms with Crippen molar-refractivity contribution in [2.45, 2.75) is 38.7 Å². The average Bonchev–Trinajstić information content (AvgIpc) is 2.86. The Bertz CT molecular complexity index is 426. The van der Waals surface area contributed by atoms with Gasteiger partial charge in [0.25, 0.3) is 0 Å². The molecule has 96 valence electrons. The lowest BCUT2D eigenvalue weighted by Crippen LogP contribution is -2.42. The summed E-state index contributed by atoms with van der Waals surface area (Å²) in [5, 5.41) is 0. The minimum Gasteiger partial charge on any atom is -0.461 e. The van der Waals surface area contributed by atoms with Crippen LogP contribution in [0.1, 0.15) is 31.7 Å². The second-order valence-electron chi connectivity index (χ2n) is 5.71. The Kier molecular flexibility index (Phi) is 3.11. The van der Waals surface area contributed by atoms with Gasteiger partial charge in [-0.15, -0.1) is 0 Å². The van der Waals surface area contributed by atoms with Gasteiger partial charge in [-0.05, 0) is 30.2 Å². The van der Waals surface area contributed by atoms with Crippen LogP contribution in [-0.2, 0) is 16.0 Å². The van der Waals surface area contributed by atoms with Crippen LogP contribution >= 0.6 is 0 Å². The van der Waals surface area contributed by atoms with Gasteiger partial charge in [0.2, 0.25) is 0 Å². The van der Waals surface area contributed by atoms with E-state index in [0.29, 0.717) is 11.8 Å². The molecule has 1 saturated carbocycles. The highest BCUT2D eigenvalue weighted by Crippen LogP contribution is 2.44. The predicted molar refractivity (Wildman–Crippen MR) is 70.0 cm³/mol. The Labute approximate surface area is 108 Å². The van der Waals surface area contributed by atoms with E-state index in [9.17, 15) is 4.79 Å². The molecule has 1 heterocycles. The van der Waals surface area contributed by atoms with Crippen LogP contribution < -0.4 is 0 Å². The van der Waals surface area contributed by atoms with Crippen molar-refractivity contribution in [3.05, 3.63) is 35.9 Å². The fourth-order valence-electron chi connectivity index (χ4n) is 3.66. The summed E-state index contributed by atoms with van der Waals surface area (Å²) in [5.74, 6) is 1.25. The van der Waals surface area contributed by atoms with Gasteiger partial charge in [0.05, 0.1) is 5.92 Å². The number of fused-ring (bicyclic) bond motifs is 1. The molecule has 1 saturated heterocycles. The van der Waals surface area contributed by atoms with Gasteiger partial charge in [0, 0.05) is 6.42 Å². The number of benzene rings is 1. The van der Waals surface area contributed by atoms with Crippen molar-refractivity contribution in [3.63, 3.8) is 0 Å². The molecule has 1 aliphatic heterocycles. The maximum absolute atomic E-state index is 11.9. The van der Waals surface area contributed by atoms with Crippen molar-refractivity contribution in [2.24, 2.45) is 17.8 Å². The lowest BCUT2D eigenvalue weighted by atomic mass is 9.78. The van der Waals surface area contributed by atoms with E-state index in [2.05, 4.69) is 24.3 Å². The third-order valence-electron chi connectivity index (χ3n) is 4.66. The SMILES string of the molecule is C[C@H]1C(=O)O[C@H](Cc2ccccc2)[C@H]2CCC[C@@H]21. The zero-order chi connectivity index (χ0) is 12.5. The smallest absolute Gasteiger partial charge is 0.309 e. The van der Waals surface area contributed by atoms with Crippen molar-refractivity contribution in [2.75, 3.05) is 0 Å². The van der Waals surface area contributed by atoms with Crippen molar-refractivity contribution >= 4 is 5.97 Å². The maximum atomic E-state index is 11.9. The number of hydrogen-bond acceptors (Lipinski definition) is 2. The summed E-state index contributed by atoms with van der Waals surface area (Å²) < 4.78 is 5.68. The topological polar surface area (TPSA) is 26.3 Å². The first-order valence-corrected chi connectivity index (χ1v) is 7.00. The molecule has 1 aromatic rings. The molecule has 1 aliphatic carbocycles. The fourth-order valence-corrected chi connectivity index (χ4v) is 3.66. The van der Waals surface area contributed by atoms with E-state index in [1.54, 1.807) is 0 Å². The van der Waals surface area contributed by atoms with E-state index in [1.807, 2.05) is 13.0 Å². The van der Waals surface area contributed by atoms with Gasteiger partial charge >= 0.3 is 5.97 Å². The van der Waals surface area contributed by atoms with E-state index in [0.717, 1.165) is 6.42 Å². The summed E-state index contributed by atoms with van der Waals surface area (Å²) in [4.78, 5) is 11.9. The third kappa shape index (κ3) is 2.05. The molecule has 0 bridgehead atoms. The van der Waals surface area contributed by atoms with Crippen molar-refractivity contribution in [1.29, 1.82) is 0 Å². The average molecular weight is 244 g/mol. The van der Waals surface area contributed by atoms with Gasteiger partial charge in [-0.2, -0.15) is 0 Å². The number of ether oxygens (including phenoxy) is 1. The first-order chi connectivity index (χ1) is 8.75. The molecule has 0 N–H and O–H groups in total. The monoisotopic (exact) mass is 244 g/mol. The van der Waals surface area contributed by atoms with Crippen LogP contribution in [0.2, 0.25) is 0 Å². The summed E-state index contributed by atoms with van der Waals surface area (Å²) in [6.45, 7) is 2.03. The van der Waals surface area contributed by atoms with Crippen LogP contribution in [0.3, 0.4) is 0 Å². The minimum absolute atomic E-state index is 0.0130. The van der Waals surface area contributed by atoms with Crippen molar-refractivity contribution < 1.29 is 9.53 Å². The number of carbonyl (C=O) groups is 1. The van der Waals surface area contributed by atoms with Gasteiger partial charge < -0.3 is 4.74 Å². The molecule has 2 fully saturated rings. The standard InChI is InChI=1S/C16H20O2/c1-11-13-8-5-9-14(13)15(18-16(11)17)10-12-6-3-2-4-7-12/h2-4,6-7,11,13-15H,5,8-10H2,1H3/t11-,13-,14+,15-/m1/s1. The number of rotatable bonds is 2. The third-order valence-corrected chi connectivity index (χ3v) is 4.66. The molecule has 2 aliphatic rings. The largest absolute Gasteiger partial charge is 0.461 e. The lowest BCUT2D eigenvalue weighted by Gasteiger charge is -2.37. The lowest BCUT2D eigenvalue weighted by molar-refractivity contribution is -0.169. The molecule has 18 heavy (non-hydrogen) atoms. The summed E-state index contributed by atoms with van der Waals surface area (Å²) in [7, 11) is 0. The number of cyclic esters (lactones) is 1. The molecule has 0 radical (unpaired) electrons. The molecule has 0 unspecified atom stereocenters. The van der Waals surface area contributed by atoms with Gasteiger partial charge in [0.1, 0.15) is 6.10 Å². The Morgan fingerprint density at radius 2 is 1.89 bits per heavy atom. The molecule has 4 atom stereocenters. The molecular formula is C16H20O2. The number of hydrogen-bond donors (Lipinski definition) is 0. The molecule has 2 nitrogen and oxygen atoms in total. The zero-order valence-corrected chi connectivity index (χ0v) is 10.8. The van der Waals surface area contributed by atoms with Gasteiger partial charge in [-0.25, -0.2) is 0 Å². The van der Waals surface area contributed by atoms with Gasteiger partial charge in [-0.3, -0.25) is 4.79 Å². The first-order valence-electron chi connectivity index (χ1n) is 7.00. The highest BCUT2D eigenvalue weighted by Gasteiger charge is 2.45. The maximum Gasteiger partial charge on any atom is 0.309 e. The molecule has 0 amide bonds. The Morgan fingerprint density at radius 1 is 1.17 bits per heavy atom. The quantitative estimate of drug-likeness (QED) is 0.747. The zero-order valence-electron chi connectivity index (χ0n) is 10.8. The first kappa shape index (κ1) is 11.8. The van der Waals surface area contributed by atoms with E-state index >= 15 is 0 Å². The van der Waals surface area contributed by atoms with Gasteiger partial charge in [0.15, 0.2) is 0 Å². The predicted octanol–water partition coefficient (Wildman–Crippen LogP) is 3.21. The summed E-state index contributed by atoms with van der Waals surface area (Å²) in [5.41, 5.74) is 1.27. The van der Waals surface area contributed by atoms with Crippen LogP contribution in [0, 0.1) is 17.8 Å². The molecule has 3 rings (SSSR count). The molecular weight excluding hydrogens is 224 g/mol. The Balaban J connectivity index is 1.77. The Morgan fingerprint density at radius 3 is 2.67 bits per heavy atom. The molecule has 1 aromatic carbocycles. The number of carbonyl (C=O) groups excluding carboxylic acids is 1. The normalized spacial score (nSPS) is 35.1. The van der Waals surface area contributed by atoms with Crippen molar-refractivity contribution in [3.8, 4) is 0 Å². The second kappa shape index (κ2) is 4.75. The highest BCUT2D eigenvalue weighted by molar-refractivity contribution is 5.73. The van der Waals surface area contributed by atoms with Gasteiger partial charge in [-0.1, -0.05) is 43.7 Å². The van der Waals surface area contributed by atoms with Crippen LogP contribution in [0.4, 0.5) is 0 Å². The van der Waals surface area contributed by atoms with Crippen molar-refractivity contribution in [1.82, 2.24) is 0 Å². The number of esters is 1. The molecule has 2 heteroatoms. The van der Waals surface area contributed by atoms with E-state index in [1.165, 1.54) is 24.8 Å². The second-order valence-corrected chi connectivity index (χ2v) is 5.71. The van der Waals surface area contributed by atoms with Crippen LogP contribution in [0.25, 0.3) is 0 Å². The van der Waals surface area contributed by atoms with E-state index in [-0.39, 0.29) is 18.0 Å². The fraction of sp³-hybridized carbons (Fsp3) is 0.562. The van der Waals surface area contributed by atoms with Crippen LogP contribution in [0.5, 0.6) is 0 Å². The van der Waals surface area contributed by atoms with Crippen LogP contribution in [0.15, 0.2) is 30.3 Å². The van der Waals surface area contributed by atoms with E-state index in [4.69, 9.17) is 4.74 Å². The summed E-state index contributed by atoms with van der Waals surface area (Å²) >= 11 is 0. The summed E-state index contributed by atoms with van der Waals surface area (Å²) in [6.07, 6.45) is 4.65. The summed E-state index contributed by atoms with van der Waals surface area (Å²) in [6, 6.07) is 10.4. The molecule has 0 aromatic heterocycles. The Hall–Kier alpha value is -1.31. The van der Waals surface area contributed by atoms with Crippen LogP contribution in [-0.4, -0.2) is 12.1 Å².